The van der Waals surface area contributed by atoms with Gasteiger partial charge in [0.2, 0.25) is 0 Å². The van der Waals surface area contributed by atoms with E-state index in [1.165, 1.54) is 59.7 Å². The highest BCUT2D eigenvalue weighted by Crippen LogP contribution is 2.52. The van der Waals surface area contributed by atoms with Crippen LogP contribution in [-0.4, -0.2) is 23.4 Å². The molecule has 4 atom stereocenters. The van der Waals surface area contributed by atoms with Gasteiger partial charge in [-0.05, 0) is 90.5 Å². The van der Waals surface area contributed by atoms with Crippen LogP contribution in [0.5, 0.6) is 0 Å². The molecule has 0 bridgehead atoms. The van der Waals surface area contributed by atoms with E-state index in [-0.39, 0.29) is 6.17 Å². The monoisotopic (exact) mass is 748 g/mol. The summed E-state index contributed by atoms with van der Waals surface area (Å²) in [4.78, 5) is 9.20. The second-order valence-electron chi connectivity index (χ2n) is 15.8. The number of nitrogens with zero attached hydrogens (tertiary/aromatic N) is 3. The number of thiophene rings is 1. The maximum atomic E-state index is 6.83. The smallest absolute Gasteiger partial charge is 0.136 e. The number of fused-ring (bicyclic) bond motifs is 5. The average Bonchev–Trinajstić information content (AvgIpc) is 3.80. The third kappa shape index (κ3) is 6.58. The van der Waals surface area contributed by atoms with E-state index in [2.05, 4.69) is 138 Å². The first-order valence-electron chi connectivity index (χ1n) is 20.4. The Labute approximate surface area is 335 Å². The summed E-state index contributed by atoms with van der Waals surface area (Å²) in [5, 5.41) is 3.29. The number of rotatable bonds is 9. The highest BCUT2D eigenvalue weighted by molar-refractivity contribution is 7.20. The van der Waals surface area contributed by atoms with Crippen LogP contribution in [0.4, 0.5) is 5.69 Å². The lowest BCUT2D eigenvalue weighted by molar-refractivity contribution is 0.220. The number of benzene rings is 4. The van der Waals surface area contributed by atoms with Crippen molar-refractivity contribution in [3.05, 3.63) is 190 Å². The summed E-state index contributed by atoms with van der Waals surface area (Å²) in [6.45, 7) is 0.624. The van der Waals surface area contributed by atoms with Crippen molar-refractivity contribution in [3.8, 4) is 11.1 Å². The van der Waals surface area contributed by atoms with Crippen molar-refractivity contribution >= 4 is 39.4 Å². The fourth-order valence-electron chi connectivity index (χ4n) is 9.65. The molecule has 56 heavy (non-hydrogen) atoms. The Bertz CT molecular complexity index is 2480. The minimum atomic E-state index is -0.207. The summed E-state index contributed by atoms with van der Waals surface area (Å²) in [5.74, 6) is 7.68. The number of nitrogens with two attached hydrogens (primary N) is 1. The molecule has 4 aromatic carbocycles. The third-order valence-electron chi connectivity index (χ3n) is 12.4. The van der Waals surface area contributed by atoms with E-state index < -0.39 is 0 Å². The Morgan fingerprint density at radius 3 is 2.48 bits per heavy atom. The summed E-state index contributed by atoms with van der Waals surface area (Å²) in [6, 6.07) is 35.9. The van der Waals surface area contributed by atoms with E-state index in [1.54, 1.807) is 5.57 Å². The van der Waals surface area contributed by atoms with Crippen molar-refractivity contribution in [1.29, 1.82) is 0 Å². The molecule has 4 aliphatic carbocycles. The third-order valence-corrected chi connectivity index (χ3v) is 13.7. The molecule has 0 fully saturated rings. The van der Waals surface area contributed by atoms with Gasteiger partial charge in [-0.1, -0.05) is 140 Å². The van der Waals surface area contributed by atoms with Gasteiger partial charge in [0.25, 0.3) is 0 Å². The summed E-state index contributed by atoms with van der Waals surface area (Å²) in [7, 11) is 0. The maximum absolute atomic E-state index is 6.83. The molecule has 5 aliphatic rings. The second kappa shape index (κ2) is 15.3. The molecule has 278 valence electrons. The van der Waals surface area contributed by atoms with Gasteiger partial charge < -0.3 is 4.90 Å². The number of aliphatic imine (C=N–C) groups is 1. The predicted octanol–water partition coefficient (Wildman–Crippen LogP) is 12.1. The molecule has 4 nitrogen and oxygen atoms in total. The molecule has 1 aromatic heterocycles. The van der Waals surface area contributed by atoms with E-state index in [4.69, 9.17) is 10.8 Å². The lowest BCUT2D eigenvalue weighted by atomic mass is 9.76. The summed E-state index contributed by atoms with van der Waals surface area (Å²) in [5.41, 5.74) is 13.4. The molecule has 2 heterocycles. The van der Waals surface area contributed by atoms with Crippen LogP contribution in [-0.2, 0) is 13.0 Å². The van der Waals surface area contributed by atoms with Crippen molar-refractivity contribution < 1.29 is 0 Å². The van der Waals surface area contributed by atoms with Crippen LogP contribution < -0.4 is 10.7 Å². The minimum absolute atomic E-state index is 0.207. The first-order valence-corrected chi connectivity index (χ1v) is 21.2. The summed E-state index contributed by atoms with van der Waals surface area (Å²) in [6.07, 6.45) is 30.4. The number of hydrogen-bond acceptors (Lipinski definition) is 5. The Morgan fingerprint density at radius 1 is 0.804 bits per heavy atom. The van der Waals surface area contributed by atoms with Crippen molar-refractivity contribution in [2.75, 3.05) is 4.90 Å². The molecule has 5 aromatic rings. The zero-order valence-corrected chi connectivity index (χ0v) is 32.6. The first kappa shape index (κ1) is 35.1. The van der Waals surface area contributed by atoms with Gasteiger partial charge >= 0.3 is 0 Å². The van der Waals surface area contributed by atoms with Crippen LogP contribution in [0, 0.1) is 5.92 Å². The molecule has 0 radical (unpaired) electrons. The minimum Gasteiger partial charge on any atom is -0.333 e. The molecule has 10 rings (SSSR count). The van der Waals surface area contributed by atoms with Crippen LogP contribution in [0.3, 0.4) is 0 Å². The Hall–Kier alpha value is -5.33. The maximum Gasteiger partial charge on any atom is 0.136 e. The topological polar surface area (TPSA) is 44.9 Å². The van der Waals surface area contributed by atoms with Crippen molar-refractivity contribution in [2.45, 2.75) is 69.6 Å². The van der Waals surface area contributed by atoms with Crippen molar-refractivity contribution in [2.24, 2.45) is 16.8 Å². The zero-order chi connectivity index (χ0) is 37.4. The largest absolute Gasteiger partial charge is 0.333 e. The van der Waals surface area contributed by atoms with E-state index in [0.717, 1.165) is 50.5 Å². The Morgan fingerprint density at radius 2 is 1.61 bits per heavy atom. The van der Waals surface area contributed by atoms with Crippen LogP contribution >= 0.6 is 11.3 Å². The zero-order valence-electron chi connectivity index (χ0n) is 31.8. The lowest BCUT2D eigenvalue weighted by Gasteiger charge is -2.35. The summed E-state index contributed by atoms with van der Waals surface area (Å²) < 4.78 is 1.42. The number of hydrogen-bond donors (Lipinski definition) is 1. The quantitative estimate of drug-likeness (QED) is 0.0706. The molecule has 2 N–H and O–H groups in total. The van der Waals surface area contributed by atoms with Crippen LogP contribution in [0.15, 0.2) is 168 Å². The first-order chi connectivity index (χ1) is 27.7. The van der Waals surface area contributed by atoms with E-state index in [0.29, 0.717) is 24.4 Å². The van der Waals surface area contributed by atoms with Gasteiger partial charge in [0, 0.05) is 62.1 Å². The number of hydrazine groups is 1. The normalized spacial score (nSPS) is 21.9. The number of anilines is 1. The van der Waals surface area contributed by atoms with Gasteiger partial charge in [-0.3, -0.25) is 10.8 Å². The van der Waals surface area contributed by atoms with Crippen molar-refractivity contribution in [3.63, 3.8) is 0 Å². The van der Waals surface area contributed by atoms with E-state index in [1.807, 2.05) is 40.8 Å². The molecule has 0 saturated heterocycles. The highest BCUT2D eigenvalue weighted by atomic mass is 32.1. The van der Waals surface area contributed by atoms with E-state index in [9.17, 15) is 0 Å². The van der Waals surface area contributed by atoms with Gasteiger partial charge in [0.1, 0.15) is 6.17 Å². The number of allylic oxidation sites excluding steroid dienone is 7. The fourth-order valence-corrected chi connectivity index (χ4v) is 11.0. The highest BCUT2D eigenvalue weighted by Gasteiger charge is 2.43. The standard InChI is InChI=1S/C51H48N4S/c52-54(51(38-16-5-2-6-17-38)53-33-35-14-3-1-4-15-35)34-36-26-28-37(29-27-36)39-30-31-48-45(32-39)41-19-8-11-24-47(41)55(48)46-23-10-7-18-40(46)43-21-13-22-44-42-20-9-12-25-49(42)56-50(43)44/h1-5,7,9-11,13-16,18,20-24,26-31,33,39,45,48,51H,6,8,12,17,19,25,32,34,52H2/b53-33+. The molecule has 1 aliphatic heterocycles. The van der Waals surface area contributed by atoms with Gasteiger partial charge in [0.05, 0.1) is 6.04 Å². The fraction of sp³-hybridized carbons (Fsp3) is 0.235. The molecule has 5 heteroatoms. The molecule has 0 saturated carbocycles. The average molecular weight is 749 g/mol. The molecular formula is C51H48N4S. The van der Waals surface area contributed by atoms with Gasteiger partial charge in [0.15, 0.2) is 0 Å². The molecular weight excluding hydrogens is 701 g/mol. The van der Waals surface area contributed by atoms with Gasteiger partial charge in [-0.2, -0.15) is 0 Å². The number of para-hydroxylation sites is 1. The molecule has 0 spiro atoms. The summed E-state index contributed by atoms with van der Waals surface area (Å²) >= 11 is 2.00. The second-order valence-corrected chi connectivity index (χ2v) is 16.9. The number of aryl methyl sites for hydroxylation is 1. The predicted molar refractivity (Wildman–Crippen MR) is 237 cm³/mol. The van der Waals surface area contributed by atoms with Crippen LogP contribution in [0.1, 0.15) is 71.6 Å². The SMILES string of the molecule is NN(Cc1ccc(C2C=CC3C(C2)C2=C(C=CCC2)N3c2ccccc2-c2cccc3c4c(sc23)CCC=C4)cc1)C(/N=C/c1ccccc1)C1=CC=CCC1. The lowest BCUT2D eigenvalue weighted by Crippen LogP contribution is -2.41. The Balaban J connectivity index is 0.913. The van der Waals surface area contributed by atoms with Gasteiger partial charge in [-0.25, -0.2) is 5.01 Å². The molecule has 0 amide bonds. The van der Waals surface area contributed by atoms with Gasteiger partial charge in [-0.15, -0.1) is 11.3 Å². The van der Waals surface area contributed by atoms with Crippen molar-refractivity contribution in [1.82, 2.24) is 5.01 Å². The van der Waals surface area contributed by atoms with Crippen LogP contribution in [0.2, 0.25) is 0 Å². The van der Waals surface area contributed by atoms with Crippen LogP contribution in [0.25, 0.3) is 27.3 Å². The Kier molecular flexibility index (Phi) is 9.60. The van der Waals surface area contributed by atoms with E-state index >= 15 is 0 Å². The molecule has 4 unspecified atom stereocenters.